The summed E-state index contributed by atoms with van der Waals surface area (Å²) in [6, 6.07) is 17.8. The Morgan fingerprint density at radius 3 is 2.45 bits per heavy atom. The lowest BCUT2D eigenvalue weighted by Gasteiger charge is -2.26. The van der Waals surface area contributed by atoms with E-state index >= 15 is 0 Å². The number of benzene rings is 2. The van der Waals surface area contributed by atoms with Crippen LogP contribution in [0.5, 0.6) is 0 Å². The summed E-state index contributed by atoms with van der Waals surface area (Å²) in [5.41, 5.74) is 2.30. The Balaban J connectivity index is 1.38. The van der Waals surface area contributed by atoms with E-state index in [1.54, 1.807) is 19.1 Å². The standard InChI is InChI=1S/C23H24N4O4S2/c1-17(32-22-15-21(24-16-25-22)18-5-3-2-4-6-18)23(28)26-19-7-9-20(10-8-19)33(29,30)27-11-13-31-14-12-27/h2-10,15-17H,11-14H2,1H3,(H,26,28). The van der Waals surface area contributed by atoms with Gasteiger partial charge in [-0.15, -0.1) is 0 Å². The van der Waals surface area contributed by atoms with E-state index in [0.29, 0.717) is 37.0 Å². The van der Waals surface area contributed by atoms with Crippen molar-refractivity contribution in [2.45, 2.75) is 22.1 Å². The van der Waals surface area contributed by atoms with Crippen LogP contribution in [0.15, 0.2) is 76.9 Å². The van der Waals surface area contributed by atoms with Gasteiger partial charge in [-0.05, 0) is 37.3 Å². The molecule has 1 fully saturated rings. The van der Waals surface area contributed by atoms with E-state index in [2.05, 4.69) is 15.3 Å². The van der Waals surface area contributed by atoms with Crippen LogP contribution >= 0.6 is 11.8 Å². The van der Waals surface area contributed by atoms with Gasteiger partial charge in [0.1, 0.15) is 11.4 Å². The van der Waals surface area contributed by atoms with Gasteiger partial charge in [-0.1, -0.05) is 42.1 Å². The van der Waals surface area contributed by atoms with Crippen molar-refractivity contribution < 1.29 is 17.9 Å². The topological polar surface area (TPSA) is 101 Å². The zero-order valence-corrected chi connectivity index (χ0v) is 19.7. The normalized spacial score (nSPS) is 15.7. The van der Waals surface area contributed by atoms with E-state index in [1.807, 2.05) is 36.4 Å². The first-order valence-electron chi connectivity index (χ1n) is 10.5. The third-order valence-electron chi connectivity index (χ3n) is 5.11. The number of anilines is 1. The monoisotopic (exact) mass is 484 g/mol. The molecule has 3 aromatic rings. The van der Waals surface area contributed by atoms with E-state index in [-0.39, 0.29) is 10.8 Å². The fraction of sp³-hybridized carbons (Fsp3) is 0.261. The Morgan fingerprint density at radius 1 is 1.06 bits per heavy atom. The molecule has 1 saturated heterocycles. The quantitative estimate of drug-likeness (QED) is 0.406. The number of carbonyl (C=O) groups is 1. The van der Waals surface area contributed by atoms with Crippen LogP contribution in [-0.4, -0.2) is 60.2 Å². The van der Waals surface area contributed by atoms with Crippen LogP contribution < -0.4 is 5.32 Å². The Labute approximate surface area is 197 Å². The summed E-state index contributed by atoms with van der Waals surface area (Å²) in [5, 5.41) is 3.11. The number of rotatable bonds is 7. The van der Waals surface area contributed by atoms with Crippen molar-refractivity contribution in [2.24, 2.45) is 0 Å². The first-order chi connectivity index (χ1) is 15.9. The van der Waals surface area contributed by atoms with Crippen molar-refractivity contribution in [3.05, 3.63) is 67.0 Å². The van der Waals surface area contributed by atoms with Gasteiger partial charge < -0.3 is 10.1 Å². The lowest BCUT2D eigenvalue weighted by atomic mass is 10.1. The highest BCUT2D eigenvalue weighted by molar-refractivity contribution is 8.00. The number of nitrogens with zero attached hydrogens (tertiary/aromatic N) is 3. The maximum Gasteiger partial charge on any atom is 0.243 e. The molecule has 172 valence electrons. The average Bonchev–Trinajstić information content (AvgIpc) is 2.85. The molecule has 2 heterocycles. The molecule has 1 atom stereocenters. The van der Waals surface area contributed by atoms with Gasteiger partial charge in [0.25, 0.3) is 0 Å². The largest absolute Gasteiger partial charge is 0.379 e. The first-order valence-corrected chi connectivity index (χ1v) is 12.8. The lowest BCUT2D eigenvalue weighted by molar-refractivity contribution is -0.115. The zero-order chi connectivity index (χ0) is 23.3. The van der Waals surface area contributed by atoms with Crippen LogP contribution in [0.2, 0.25) is 0 Å². The van der Waals surface area contributed by atoms with Crippen molar-refractivity contribution in [1.82, 2.24) is 14.3 Å². The van der Waals surface area contributed by atoms with Crippen molar-refractivity contribution in [3.63, 3.8) is 0 Å². The number of ether oxygens (including phenoxy) is 1. The molecular formula is C23H24N4O4S2. The van der Waals surface area contributed by atoms with E-state index < -0.39 is 15.3 Å². The molecular weight excluding hydrogens is 460 g/mol. The molecule has 0 bridgehead atoms. The number of carbonyl (C=O) groups excluding carboxylic acids is 1. The van der Waals surface area contributed by atoms with Gasteiger partial charge in [-0.2, -0.15) is 4.31 Å². The fourth-order valence-corrected chi connectivity index (χ4v) is 5.52. The first kappa shape index (κ1) is 23.4. The summed E-state index contributed by atoms with van der Waals surface area (Å²) >= 11 is 1.33. The third kappa shape index (κ3) is 5.77. The van der Waals surface area contributed by atoms with Gasteiger partial charge in [0.05, 0.1) is 29.1 Å². The molecule has 0 radical (unpaired) electrons. The number of sulfonamides is 1. The molecule has 1 aliphatic heterocycles. The minimum absolute atomic E-state index is 0.194. The number of amides is 1. The van der Waals surface area contributed by atoms with Crippen LogP contribution in [0.3, 0.4) is 0 Å². The predicted octanol–water partition coefficient (Wildman–Crippen LogP) is 3.28. The second-order valence-electron chi connectivity index (χ2n) is 7.40. The van der Waals surface area contributed by atoms with Gasteiger partial charge in [0, 0.05) is 24.3 Å². The Morgan fingerprint density at radius 2 is 1.76 bits per heavy atom. The summed E-state index contributed by atoms with van der Waals surface area (Å²) in [6.45, 7) is 3.25. The molecule has 0 saturated carbocycles. The molecule has 4 rings (SSSR count). The van der Waals surface area contributed by atoms with Crippen LogP contribution in [0, 0.1) is 0 Å². The molecule has 1 unspecified atom stereocenters. The number of thioether (sulfide) groups is 1. The second-order valence-corrected chi connectivity index (χ2v) is 10.7. The SMILES string of the molecule is CC(Sc1cc(-c2ccccc2)ncn1)C(=O)Nc1ccc(S(=O)(=O)N2CCOCC2)cc1. The summed E-state index contributed by atoms with van der Waals surface area (Å²) in [5.74, 6) is -0.205. The van der Waals surface area contributed by atoms with Gasteiger partial charge in [0.15, 0.2) is 0 Å². The Kier molecular flexibility index (Phi) is 7.39. The van der Waals surface area contributed by atoms with E-state index in [1.165, 1.54) is 34.5 Å². The van der Waals surface area contributed by atoms with Crippen molar-refractivity contribution in [2.75, 3.05) is 31.6 Å². The van der Waals surface area contributed by atoms with Crippen molar-refractivity contribution in [1.29, 1.82) is 0 Å². The summed E-state index contributed by atoms with van der Waals surface area (Å²) < 4.78 is 32.1. The highest BCUT2D eigenvalue weighted by Gasteiger charge is 2.26. The maximum atomic E-state index is 12.7. The van der Waals surface area contributed by atoms with Crippen molar-refractivity contribution >= 4 is 33.4 Å². The number of aromatic nitrogens is 2. The van der Waals surface area contributed by atoms with Gasteiger partial charge in [-0.25, -0.2) is 18.4 Å². The number of hydrogen-bond acceptors (Lipinski definition) is 7. The molecule has 2 aromatic carbocycles. The van der Waals surface area contributed by atoms with Crippen LogP contribution in [0.4, 0.5) is 5.69 Å². The average molecular weight is 485 g/mol. The second kappa shape index (κ2) is 10.4. The lowest BCUT2D eigenvalue weighted by Crippen LogP contribution is -2.40. The minimum Gasteiger partial charge on any atom is -0.379 e. The summed E-state index contributed by atoms with van der Waals surface area (Å²) in [4.78, 5) is 21.5. The number of morpholine rings is 1. The van der Waals surface area contributed by atoms with Crippen LogP contribution in [-0.2, 0) is 19.6 Å². The van der Waals surface area contributed by atoms with Gasteiger partial charge in [-0.3, -0.25) is 4.79 Å². The van der Waals surface area contributed by atoms with Crippen LogP contribution in [0.1, 0.15) is 6.92 Å². The molecule has 1 N–H and O–H groups in total. The van der Waals surface area contributed by atoms with Crippen molar-refractivity contribution in [3.8, 4) is 11.3 Å². The van der Waals surface area contributed by atoms with Gasteiger partial charge in [0.2, 0.25) is 15.9 Å². The van der Waals surface area contributed by atoms with E-state index in [0.717, 1.165) is 11.3 Å². The number of nitrogens with one attached hydrogen (secondary N) is 1. The summed E-state index contributed by atoms with van der Waals surface area (Å²) in [6.07, 6.45) is 1.49. The van der Waals surface area contributed by atoms with E-state index in [4.69, 9.17) is 4.74 Å². The molecule has 10 heteroatoms. The predicted molar refractivity (Wildman–Crippen MR) is 127 cm³/mol. The smallest absolute Gasteiger partial charge is 0.243 e. The Bertz CT molecular complexity index is 1200. The summed E-state index contributed by atoms with van der Waals surface area (Å²) in [7, 11) is -3.57. The molecule has 33 heavy (non-hydrogen) atoms. The molecule has 1 aliphatic rings. The highest BCUT2D eigenvalue weighted by Crippen LogP contribution is 2.26. The zero-order valence-electron chi connectivity index (χ0n) is 18.0. The van der Waals surface area contributed by atoms with Crippen LogP contribution in [0.25, 0.3) is 11.3 Å². The molecule has 1 aromatic heterocycles. The fourth-order valence-electron chi connectivity index (χ4n) is 3.30. The molecule has 0 aliphatic carbocycles. The molecule has 0 spiro atoms. The van der Waals surface area contributed by atoms with E-state index in [9.17, 15) is 13.2 Å². The molecule has 1 amide bonds. The highest BCUT2D eigenvalue weighted by atomic mass is 32.2. The maximum absolute atomic E-state index is 12.7. The Hall–Kier alpha value is -2.79. The number of hydrogen-bond donors (Lipinski definition) is 1. The molecule has 8 nitrogen and oxygen atoms in total. The minimum atomic E-state index is -3.57. The van der Waals surface area contributed by atoms with Gasteiger partial charge >= 0.3 is 0 Å². The third-order valence-corrected chi connectivity index (χ3v) is 8.05.